The van der Waals surface area contributed by atoms with Crippen LogP contribution in [0.3, 0.4) is 0 Å². The van der Waals surface area contributed by atoms with Crippen LogP contribution in [0.5, 0.6) is 0 Å². The molecular weight excluding hydrogens is 347 g/mol. The van der Waals surface area contributed by atoms with Gasteiger partial charge in [0.2, 0.25) is 6.41 Å². The molecule has 1 saturated heterocycles. The van der Waals surface area contributed by atoms with E-state index >= 15 is 0 Å². The standard InChI is InChI=1S/C17H16ClFN4O2/c18-14-9-12(1-2-15(14)19)21-13-3-4-20-16(10-13)17(25)23-7-5-22(11-24)6-8-23/h1-4,9-11H,5-8H2,(H,20,21). The SMILES string of the molecule is O=CN1CCN(C(=O)c2cc(Nc3ccc(F)c(Cl)c3)ccn2)CC1. The minimum absolute atomic E-state index is 0.0170. The lowest BCUT2D eigenvalue weighted by Gasteiger charge is -2.32. The Kier molecular flexibility index (Phi) is 5.14. The van der Waals surface area contributed by atoms with Crippen LogP contribution in [-0.2, 0) is 4.79 Å². The summed E-state index contributed by atoms with van der Waals surface area (Å²) in [5.74, 6) is -0.682. The molecular formula is C17H16ClFN4O2. The smallest absolute Gasteiger partial charge is 0.272 e. The monoisotopic (exact) mass is 362 g/mol. The second-order valence-corrected chi connectivity index (χ2v) is 6.02. The molecule has 3 rings (SSSR count). The summed E-state index contributed by atoms with van der Waals surface area (Å²) in [5.41, 5.74) is 1.56. The van der Waals surface area contributed by atoms with Crippen molar-refractivity contribution >= 4 is 35.3 Å². The summed E-state index contributed by atoms with van der Waals surface area (Å²) in [7, 11) is 0. The molecule has 1 N–H and O–H groups in total. The van der Waals surface area contributed by atoms with Gasteiger partial charge < -0.3 is 15.1 Å². The Labute approximate surface area is 149 Å². The highest BCUT2D eigenvalue weighted by Gasteiger charge is 2.22. The van der Waals surface area contributed by atoms with Crippen molar-refractivity contribution in [1.29, 1.82) is 0 Å². The van der Waals surface area contributed by atoms with Gasteiger partial charge in [-0.05, 0) is 30.3 Å². The van der Waals surface area contributed by atoms with Crippen LogP contribution in [0.15, 0.2) is 36.5 Å². The van der Waals surface area contributed by atoms with Crippen molar-refractivity contribution in [2.75, 3.05) is 31.5 Å². The molecule has 6 nitrogen and oxygen atoms in total. The number of hydrogen-bond donors (Lipinski definition) is 1. The number of pyridine rings is 1. The average Bonchev–Trinajstić information content (AvgIpc) is 2.64. The number of piperazine rings is 1. The van der Waals surface area contributed by atoms with E-state index in [1.165, 1.54) is 18.3 Å². The molecule has 25 heavy (non-hydrogen) atoms. The van der Waals surface area contributed by atoms with Gasteiger partial charge in [0.05, 0.1) is 5.02 Å². The lowest BCUT2D eigenvalue weighted by Crippen LogP contribution is -2.48. The molecule has 1 aliphatic rings. The number of hydrogen-bond acceptors (Lipinski definition) is 4. The maximum atomic E-state index is 13.2. The molecule has 0 spiro atoms. The first-order valence-electron chi connectivity index (χ1n) is 7.73. The fraction of sp³-hybridized carbons (Fsp3) is 0.235. The summed E-state index contributed by atoms with van der Waals surface area (Å²) < 4.78 is 13.2. The van der Waals surface area contributed by atoms with Crippen molar-refractivity contribution in [3.63, 3.8) is 0 Å². The molecule has 1 aromatic heterocycles. The number of carbonyl (C=O) groups is 2. The van der Waals surface area contributed by atoms with Crippen molar-refractivity contribution in [3.05, 3.63) is 53.1 Å². The van der Waals surface area contributed by atoms with E-state index < -0.39 is 5.82 Å². The number of nitrogens with one attached hydrogen (secondary N) is 1. The van der Waals surface area contributed by atoms with Crippen molar-refractivity contribution in [3.8, 4) is 0 Å². The molecule has 1 fully saturated rings. The van der Waals surface area contributed by atoms with E-state index in [2.05, 4.69) is 10.3 Å². The number of carbonyl (C=O) groups excluding carboxylic acids is 2. The summed E-state index contributed by atoms with van der Waals surface area (Å²) in [5, 5.41) is 3.09. The van der Waals surface area contributed by atoms with Crippen molar-refractivity contribution in [2.24, 2.45) is 0 Å². The number of rotatable bonds is 4. The summed E-state index contributed by atoms with van der Waals surface area (Å²) >= 11 is 5.77. The molecule has 2 heterocycles. The summed E-state index contributed by atoms with van der Waals surface area (Å²) in [6.45, 7) is 1.98. The van der Waals surface area contributed by atoms with E-state index in [0.717, 1.165) is 6.41 Å². The van der Waals surface area contributed by atoms with E-state index in [1.54, 1.807) is 28.0 Å². The largest absolute Gasteiger partial charge is 0.355 e. The van der Waals surface area contributed by atoms with Gasteiger partial charge in [-0.3, -0.25) is 14.6 Å². The zero-order chi connectivity index (χ0) is 17.8. The van der Waals surface area contributed by atoms with Gasteiger partial charge in [0.15, 0.2) is 0 Å². The van der Waals surface area contributed by atoms with Gasteiger partial charge in [0.25, 0.3) is 5.91 Å². The van der Waals surface area contributed by atoms with Crippen molar-refractivity contribution < 1.29 is 14.0 Å². The Morgan fingerprint density at radius 1 is 1.16 bits per heavy atom. The van der Waals surface area contributed by atoms with Crippen LogP contribution in [-0.4, -0.2) is 53.3 Å². The average molecular weight is 363 g/mol. The zero-order valence-electron chi connectivity index (χ0n) is 13.3. The first-order chi connectivity index (χ1) is 12.1. The van der Waals surface area contributed by atoms with Gasteiger partial charge in [0, 0.05) is 43.8 Å². The molecule has 2 aromatic rings. The normalized spacial score (nSPS) is 14.3. The minimum Gasteiger partial charge on any atom is -0.355 e. The first kappa shape index (κ1) is 17.2. The molecule has 2 amide bonds. The van der Waals surface area contributed by atoms with Gasteiger partial charge in [-0.25, -0.2) is 4.39 Å². The molecule has 0 unspecified atom stereocenters. The highest BCUT2D eigenvalue weighted by molar-refractivity contribution is 6.31. The highest BCUT2D eigenvalue weighted by atomic mass is 35.5. The van der Waals surface area contributed by atoms with E-state index in [0.29, 0.717) is 43.2 Å². The maximum Gasteiger partial charge on any atom is 0.272 e. The van der Waals surface area contributed by atoms with Crippen LogP contribution in [0, 0.1) is 5.82 Å². The number of halogens is 2. The Bertz CT molecular complexity index is 794. The van der Waals surface area contributed by atoms with Crippen molar-refractivity contribution in [2.45, 2.75) is 0 Å². The van der Waals surface area contributed by atoms with Gasteiger partial charge in [-0.15, -0.1) is 0 Å². The summed E-state index contributed by atoms with van der Waals surface area (Å²) in [6.07, 6.45) is 2.32. The summed E-state index contributed by atoms with van der Waals surface area (Å²) in [4.78, 5) is 30.7. The molecule has 0 saturated carbocycles. The molecule has 0 atom stereocenters. The number of aromatic nitrogens is 1. The second-order valence-electron chi connectivity index (χ2n) is 5.62. The molecule has 0 bridgehead atoms. The van der Waals surface area contributed by atoms with Crippen LogP contribution >= 0.6 is 11.6 Å². The van der Waals surface area contributed by atoms with Crippen LogP contribution < -0.4 is 5.32 Å². The molecule has 0 radical (unpaired) electrons. The van der Waals surface area contributed by atoms with E-state index in [1.807, 2.05) is 0 Å². The number of anilines is 2. The van der Waals surface area contributed by atoms with Gasteiger partial charge in [0.1, 0.15) is 11.5 Å². The quantitative estimate of drug-likeness (QED) is 0.849. The Hall–Kier alpha value is -2.67. The van der Waals surface area contributed by atoms with Gasteiger partial charge in [-0.1, -0.05) is 11.6 Å². The maximum absolute atomic E-state index is 13.2. The molecule has 1 aliphatic heterocycles. The predicted octanol–water partition coefficient (Wildman–Crippen LogP) is 2.53. The number of benzene rings is 1. The van der Waals surface area contributed by atoms with Crippen LogP contribution in [0.1, 0.15) is 10.5 Å². The predicted molar refractivity (Wildman–Crippen MR) is 92.5 cm³/mol. The van der Waals surface area contributed by atoms with Gasteiger partial charge >= 0.3 is 0 Å². The Morgan fingerprint density at radius 2 is 1.88 bits per heavy atom. The molecule has 0 aliphatic carbocycles. The van der Waals surface area contributed by atoms with Crippen LogP contribution in [0.2, 0.25) is 5.02 Å². The van der Waals surface area contributed by atoms with E-state index in [4.69, 9.17) is 11.6 Å². The van der Waals surface area contributed by atoms with Crippen LogP contribution in [0.25, 0.3) is 0 Å². The summed E-state index contributed by atoms with van der Waals surface area (Å²) in [6, 6.07) is 7.63. The molecule has 1 aromatic carbocycles. The van der Waals surface area contributed by atoms with Gasteiger partial charge in [-0.2, -0.15) is 0 Å². The van der Waals surface area contributed by atoms with Crippen LogP contribution in [0.4, 0.5) is 15.8 Å². The first-order valence-corrected chi connectivity index (χ1v) is 8.11. The van der Waals surface area contributed by atoms with E-state index in [-0.39, 0.29) is 10.9 Å². The third-order valence-electron chi connectivity index (χ3n) is 3.94. The van der Waals surface area contributed by atoms with E-state index in [9.17, 15) is 14.0 Å². The molecule has 8 heteroatoms. The minimum atomic E-state index is -0.493. The second kappa shape index (κ2) is 7.48. The Morgan fingerprint density at radius 3 is 2.56 bits per heavy atom. The molecule has 130 valence electrons. The fourth-order valence-corrected chi connectivity index (χ4v) is 2.74. The lowest BCUT2D eigenvalue weighted by molar-refractivity contribution is -0.119. The zero-order valence-corrected chi connectivity index (χ0v) is 14.0. The lowest BCUT2D eigenvalue weighted by atomic mass is 10.2. The number of amides is 2. The van der Waals surface area contributed by atoms with Crippen molar-refractivity contribution in [1.82, 2.24) is 14.8 Å². The third-order valence-corrected chi connectivity index (χ3v) is 4.23. The Balaban J connectivity index is 1.71. The fourth-order valence-electron chi connectivity index (χ4n) is 2.56. The topological polar surface area (TPSA) is 65.5 Å². The highest BCUT2D eigenvalue weighted by Crippen LogP contribution is 2.23. The number of nitrogens with zero attached hydrogens (tertiary/aromatic N) is 3. The third kappa shape index (κ3) is 4.06.